The van der Waals surface area contributed by atoms with E-state index < -0.39 is 11.2 Å². The molecule has 0 aliphatic carbocycles. The summed E-state index contributed by atoms with van der Waals surface area (Å²) in [7, 11) is 0. The molecule has 1 fully saturated rings. The third kappa shape index (κ3) is 4.48. The lowest BCUT2D eigenvalue weighted by Crippen LogP contribution is -2.44. The summed E-state index contributed by atoms with van der Waals surface area (Å²) < 4.78 is 0.946. The van der Waals surface area contributed by atoms with Crippen LogP contribution >= 0.6 is 0 Å². The van der Waals surface area contributed by atoms with E-state index in [4.69, 9.17) is 0 Å². The van der Waals surface area contributed by atoms with Gasteiger partial charge in [-0.05, 0) is 25.5 Å². The minimum Gasteiger partial charge on any atom is -0.355 e. The minimum atomic E-state index is -0.593. The molecule has 1 aliphatic heterocycles. The first-order valence-corrected chi connectivity index (χ1v) is 9.48. The van der Waals surface area contributed by atoms with Gasteiger partial charge in [-0.1, -0.05) is 12.1 Å². The van der Waals surface area contributed by atoms with Crippen molar-refractivity contribution in [3.63, 3.8) is 0 Å². The highest BCUT2D eigenvalue weighted by molar-refractivity contribution is 5.79. The van der Waals surface area contributed by atoms with Gasteiger partial charge in [0.05, 0.1) is 17.4 Å². The Labute approximate surface area is 161 Å². The molecule has 0 saturated carbocycles. The molecule has 1 saturated heterocycles. The number of carbonyl (C=O) groups is 2. The molecule has 0 radical (unpaired) electrons. The van der Waals surface area contributed by atoms with Crippen LogP contribution in [0.15, 0.2) is 33.9 Å². The van der Waals surface area contributed by atoms with E-state index in [1.54, 1.807) is 29.2 Å². The van der Waals surface area contributed by atoms with Crippen molar-refractivity contribution in [2.75, 3.05) is 39.3 Å². The zero-order valence-electron chi connectivity index (χ0n) is 15.9. The van der Waals surface area contributed by atoms with Crippen LogP contribution in [0.2, 0.25) is 0 Å². The van der Waals surface area contributed by atoms with Crippen molar-refractivity contribution < 1.29 is 9.59 Å². The van der Waals surface area contributed by atoms with Gasteiger partial charge in [-0.2, -0.15) is 0 Å². The number of amides is 2. The number of likely N-dealkylation sites (N-methyl/N-ethyl adjacent to an activating group) is 1. The molecular weight excluding hydrogens is 362 g/mol. The highest BCUT2D eigenvalue weighted by Crippen LogP contribution is 2.05. The number of hydrogen-bond acceptors (Lipinski definition) is 5. The van der Waals surface area contributed by atoms with Gasteiger partial charge in [0.15, 0.2) is 0 Å². The quantitative estimate of drug-likeness (QED) is 0.710. The number of hydrogen-bond donors (Lipinski definition) is 2. The molecule has 28 heavy (non-hydrogen) atoms. The number of aromatic amines is 1. The van der Waals surface area contributed by atoms with Crippen molar-refractivity contribution in [2.24, 2.45) is 0 Å². The van der Waals surface area contributed by atoms with Crippen molar-refractivity contribution >= 4 is 22.7 Å². The highest BCUT2D eigenvalue weighted by atomic mass is 16.2. The molecule has 2 aromatic rings. The maximum atomic E-state index is 12.7. The summed E-state index contributed by atoms with van der Waals surface area (Å²) in [6.07, 6.45) is 0.730. The molecule has 9 nitrogen and oxygen atoms in total. The second-order valence-corrected chi connectivity index (χ2v) is 6.83. The van der Waals surface area contributed by atoms with Crippen LogP contribution in [0.5, 0.6) is 0 Å². The molecular formula is C19H25N5O4. The summed E-state index contributed by atoms with van der Waals surface area (Å²) in [5, 5.41) is 3.14. The Morgan fingerprint density at radius 1 is 1.07 bits per heavy atom. The SMILES string of the molecule is CCNC(=O)CN1CCCN(C(=O)Cn2c(=O)[nH]c3ccccc3c2=O)CC1. The number of nitrogens with zero attached hydrogens (tertiary/aromatic N) is 3. The van der Waals surface area contributed by atoms with Crippen LogP contribution in [-0.4, -0.2) is 70.4 Å². The predicted octanol–water partition coefficient (Wildman–Crippen LogP) is -0.640. The Bertz CT molecular complexity index is 980. The van der Waals surface area contributed by atoms with Gasteiger partial charge in [0.2, 0.25) is 11.8 Å². The lowest BCUT2D eigenvalue weighted by molar-refractivity contribution is -0.131. The zero-order chi connectivity index (χ0) is 20.1. The van der Waals surface area contributed by atoms with Gasteiger partial charge in [0.1, 0.15) is 6.54 Å². The topological polar surface area (TPSA) is 108 Å². The molecule has 0 atom stereocenters. The van der Waals surface area contributed by atoms with Gasteiger partial charge in [-0.25, -0.2) is 4.79 Å². The standard InChI is InChI=1S/C19H25N5O4/c1-2-20-16(25)12-22-8-5-9-23(11-10-22)17(26)13-24-18(27)14-6-3-4-7-15(14)21-19(24)28/h3-4,6-7H,2,5,8-13H2,1H3,(H,20,25)(H,21,28). The van der Waals surface area contributed by atoms with Crippen molar-refractivity contribution in [1.82, 2.24) is 24.7 Å². The van der Waals surface area contributed by atoms with Crippen LogP contribution in [0.3, 0.4) is 0 Å². The summed E-state index contributed by atoms with van der Waals surface area (Å²) in [4.78, 5) is 55.6. The molecule has 1 aromatic heterocycles. The Morgan fingerprint density at radius 3 is 2.64 bits per heavy atom. The molecule has 0 spiro atoms. The molecule has 9 heteroatoms. The molecule has 0 bridgehead atoms. The van der Waals surface area contributed by atoms with E-state index in [2.05, 4.69) is 10.3 Å². The van der Waals surface area contributed by atoms with Crippen LogP contribution in [0.1, 0.15) is 13.3 Å². The van der Waals surface area contributed by atoms with Crippen LogP contribution in [0, 0.1) is 0 Å². The van der Waals surface area contributed by atoms with E-state index in [1.165, 1.54) is 0 Å². The smallest absolute Gasteiger partial charge is 0.329 e. The number of H-pyrrole nitrogens is 1. The molecule has 0 unspecified atom stereocenters. The van der Waals surface area contributed by atoms with Gasteiger partial charge in [-0.15, -0.1) is 0 Å². The number of carbonyl (C=O) groups excluding carboxylic acids is 2. The van der Waals surface area contributed by atoms with Gasteiger partial charge >= 0.3 is 5.69 Å². The lowest BCUT2D eigenvalue weighted by Gasteiger charge is -2.22. The maximum Gasteiger partial charge on any atom is 0.329 e. The van der Waals surface area contributed by atoms with E-state index in [1.807, 2.05) is 11.8 Å². The Balaban J connectivity index is 1.69. The van der Waals surface area contributed by atoms with Crippen LogP contribution < -0.4 is 16.6 Å². The van der Waals surface area contributed by atoms with Gasteiger partial charge < -0.3 is 15.2 Å². The summed E-state index contributed by atoms with van der Waals surface area (Å²) in [5.41, 5.74) is -0.609. The number of benzene rings is 1. The first-order valence-electron chi connectivity index (χ1n) is 9.48. The second kappa shape index (κ2) is 8.83. The van der Waals surface area contributed by atoms with Crippen molar-refractivity contribution in [1.29, 1.82) is 0 Å². The average Bonchev–Trinajstić information content (AvgIpc) is 2.91. The van der Waals surface area contributed by atoms with E-state index in [0.717, 1.165) is 17.5 Å². The average molecular weight is 387 g/mol. The summed E-state index contributed by atoms with van der Waals surface area (Å²) in [5.74, 6) is -0.306. The van der Waals surface area contributed by atoms with E-state index in [0.29, 0.717) is 43.6 Å². The second-order valence-electron chi connectivity index (χ2n) is 6.83. The fourth-order valence-electron chi connectivity index (χ4n) is 3.41. The molecule has 3 rings (SSSR count). The first-order chi connectivity index (χ1) is 13.5. The number of para-hydroxylation sites is 1. The predicted molar refractivity (Wildman–Crippen MR) is 105 cm³/mol. The van der Waals surface area contributed by atoms with Gasteiger partial charge in [0.25, 0.3) is 5.56 Å². The highest BCUT2D eigenvalue weighted by Gasteiger charge is 2.21. The Hall–Kier alpha value is -2.94. The number of rotatable bonds is 5. The van der Waals surface area contributed by atoms with Crippen LogP contribution in [0.4, 0.5) is 0 Å². The number of aromatic nitrogens is 2. The third-order valence-corrected chi connectivity index (χ3v) is 4.87. The summed E-state index contributed by atoms with van der Waals surface area (Å²) in [6, 6.07) is 6.73. The monoisotopic (exact) mass is 387 g/mol. The van der Waals surface area contributed by atoms with Crippen molar-refractivity contribution in [3.8, 4) is 0 Å². The Kier molecular flexibility index (Phi) is 6.25. The van der Waals surface area contributed by atoms with Crippen LogP contribution in [0.25, 0.3) is 10.9 Å². The molecule has 150 valence electrons. The van der Waals surface area contributed by atoms with E-state index in [-0.39, 0.29) is 18.4 Å². The van der Waals surface area contributed by atoms with Crippen LogP contribution in [-0.2, 0) is 16.1 Å². The fraction of sp³-hybridized carbons (Fsp3) is 0.474. The van der Waals surface area contributed by atoms with Crippen molar-refractivity contribution in [2.45, 2.75) is 19.9 Å². The van der Waals surface area contributed by atoms with E-state index in [9.17, 15) is 19.2 Å². The number of fused-ring (bicyclic) bond motifs is 1. The largest absolute Gasteiger partial charge is 0.355 e. The maximum absolute atomic E-state index is 12.7. The molecule has 2 amide bonds. The first kappa shape index (κ1) is 19.8. The molecule has 2 N–H and O–H groups in total. The molecule has 1 aliphatic rings. The molecule has 2 heterocycles. The van der Waals surface area contributed by atoms with Crippen molar-refractivity contribution in [3.05, 3.63) is 45.1 Å². The zero-order valence-corrected chi connectivity index (χ0v) is 15.9. The Morgan fingerprint density at radius 2 is 1.86 bits per heavy atom. The van der Waals surface area contributed by atoms with Gasteiger partial charge in [-0.3, -0.25) is 23.9 Å². The van der Waals surface area contributed by atoms with Gasteiger partial charge in [0, 0.05) is 32.7 Å². The fourth-order valence-corrected chi connectivity index (χ4v) is 3.41. The number of nitrogens with one attached hydrogen (secondary N) is 2. The minimum absolute atomic E-state index is 0.0310. The molecule has 1 aromatic carbocycles. The summed E-state index contributed by atoms with van der Waals surface area (Å²) in [6.45, 7) is 4.76. The van der Waals surface area contributed by atoms with E-state index >= 15 is 0 Å². The third-order valence-electron chi connectivity index (χ3n) is 4.87. The normalized spacial score (nSPS) is 15.4. The lowest BCUT2D eigenvalue weighted by atomic mass is 10.2. The summed E-state index contributed by atoms with van der Waals surface area (Å²) >= 11 is 0.